The first-order chi connectivity index (χ1) is 13.1. The van der Waals surface area contributed by atoms with Crippen molar-refractivity contribution >= 4 is 16.8 Å². The molecule has 1 aromatic carbocycles. The number of unbranched alkanes of at least 4 members (excludes halogenated alkanes) is 1. The molecule has 4 rings (SSSR count). The van der Waals surface area contributed by atoms with Crippen LogP contribution in [0.3, 0.4) is 0 Å². The second-order valence-electron chi connectivity index (χ2n) is 7.96. The minimum absolute atomic E-state index is 0.0241. The summed E-state index contributed by atoms with van der Waals surface area (Å²) < 4.78 is 1.81. The molecule has 2 unspecified atom stereocenters. The van der Waals surface area contributed by atoms with Crippen LogP contribution in [0.5, 0.6) is 0 Å². The average Bonchev–Trinajstić information content (AvgIpc) is 2.88. The molecule has 6 nitrogen and oxygen atoms in total. The largest absolute Gasteiger partial charge is 0.348 e. The van der Waals surface area contributed by atoms with Crippen molar-refractivity contribution in [2.45, 2.75) is 70.1 Å². The Morgan fingerprint density at radius 2 is 1.93 bits per heavy atom. The molecule has 2 saturated heterocycles. The standard InChI is InChI=1S/C21H28N4O2/c1-3-4-11-25-18-8-6-5-7-17(18)20(26)19(23-25)21(27)22-14-12-15-9-10-16(13-14)24(15)2/h5-8,14-16H,3-4,9-13H2,1-2H3,(H,22,27). The van der Waals surface area contributed by atoms with Crippen molar-refractivity contribution in [3.8, 4) is 0 Å². The Hall–Kier alpha value is -2.21. The van der Waals surface area contributed by atoms with Crippen LogP contribution < -0.4 is 10.7 Å². The first kappa shape index (κ1) is 18.2. The van der Waals surface area contributed by atoms with E-state index in [2.05, 4.69) is 29.3 Å². The Kier molecular flexibility index (Phi) is 5.00. The lowest BCUT2D eigenvalue weighted by atomic mass is 9.98. The smallest absolute Gasteiger partial charge is 0.276 e. The fourth-order valence-electron chi connectivity index (χ4n) is 4.65. The van der Waals surface area contributed by atoms with Gasteiger partial charge < -0.3 is 10.2 Å². The number of fused-ring (bicyclic) bond motifs is 3. The summed E-state index contributed by atoms with van der Waals surface area (Å²) in [5, 5.41) is 8.12. The van der Waals surface area contributed by atoms with Crippen molar-refractivity contribution in [3.63, 3.8) is 0 Å². The SMILES string of the molecule is CCCCn1nc(C(=O)NC2CC3CCC(C2)N3C)c(=O)c2ccccc21. The number of carbonyl (C=O) groups excluding carboxylic acids is 1. The van der Waals surface area contributed by atoms with Gasteiger partial charge in [-0.15, -0.1) is 0 Å². The van der Waals surface area contributed by atoms with Crippen molar-refractivity contribution < 1.29 is 4.79 Å². The Balaban J connectivity index is 1.61. The summed E-state index contributed by atoms with van der Waals surface area (Å²) >= 11 is 0. The van der Waals surface area contributed by atoms with Crippen LogP contribution in [0.2, 0.25) is 0 Å². The van der Waals surface area contributed by atoms with Crippen molar-refractivity contribution in [1.82, 2.24) is 20.0 Å². The van der Waals surface area contributed by atoms with Crippen LogP contribution >= 0.6 is 0 Å². The third-order valence-corrected chi connectivity index (χ3v) is 6.23. The van der Waals surface area contributed by atoms with E-state index in [0.717, 1.165) is 31.2 Å². The summed E-state index contributed by atoms with van der Waals surface area (Å²) in [6.07, 6.45) is 6.30. The van der Waals surface area contributed by atoms with Gasteiger partial charge in [0.25, 0.3) is 5.91 Å². The quantitative estimate of drug-likeness (QED) is 0.881. The van der Waals surface area contributed by atoms with Crippen LogP contribution in [0.15, 0.2) is 29.1 Å². The summed E-state index contributed by atoms with van der Waals surface area (Å²) in [4.78, 5) is 28.2. The van der Waals surface area contributed by atoms with Crippen molar-refractivity contribution in [1.29, 1.82) is 0 Å². The molecule has 0 aliphatic carbocycles. The molecule has 1 amide bonds. The highest BCUT2D eigenvalue weighted by Crippen LogP contribution is 2.34. The van der Waals surface area contributed by atoms with Crippen LogP contribution in [0.1, 0.15) is 55.9 Å². The summed E-state index contributed by atoms with van der Waals surface area (Å²) in [6, 6.07) is 8.64. The molecule has 2 aliphatic heterocycles. The molecule has 0 radical (unpaired) electrons. The lowest BCUT2D eigenvalue weighted by Gasteiger charge is -2.36. The van der Waals surface area contributed by atoms with Gasteiger partial charge in [-0.05, 0) is 51.3 Å². The maximum atomic E-state index is 12.9. The van der Waals surface area contributed by atoms with E-state index in [1.165, 1.54) is 12.8 Å². The molecule has 2 fully saturated rings. The normalized spacial score (nSPS) is 25.0. The number of hydrogen-bond donors (Lipinski definition) is 1. The van der Waals surface area contributed by atoms with Gasteiger partial charge in [0.15, 0.2) is 5.69 Å². The molecule has 2 aliphatic rings. The number of carbonyl (C=O) groups is 1. The zero-order valence-electron chi connectivity index (χ0n) is 16.1. The Labute approximate surface area is 159 Å². The Morgan fingerprint density at radius 3 is 2.63 bits per heavy atom. The molecule has 144 valence electrons. The second-order valence-corrected chi connectivity index (χ2v) is 7.96. The molecule has 2 aromatic rings. The summed E-state index contributed by atoms with van der Waals surface area (Å²) in [5.41, 5.74) is 0.549. The van der Waals surface area contributed by atoms with Gasteiger partial charge in [0.05, 0.1) is 5.52 Å². The van der Waals surface area contributed by atoms with Gasteiger partial charge in [0.1, 0.15) is 0 Å². The lowest BCUT2D eigenvalue weighted by molar-refractivity contribution is 0.0874. The Morgan fingerprint density at radius 1 is 1.22 bits per heavy atom. The minimum atomic E-state index is -0.329. The molecule has 27 heavy (non-hydrogen) atoms. The molecule has 1 N–H and O–H groups in total. The number of piperidine rings is 1. The van der Waals surface area contributed by atoms with E-state index < -0.39 is 0 Å². The fraction of sp³-hybridized carbons (Fsp3) is 0.571. The van der Waals surface area contributed by atoms with Crippen molar-refractivity contribution in [2.75, 3.05) is 7.05 Å². The number of nitrogens with one attached hydrogen (secondary N) is 1. The molecular formula is C21H28N4O2. The number of para-hydroxylation sites is 1. The van der Waals surface area contributed by atoms with Crippen LogP contribution in [0.25, 0.3) is 10.9 Å². The van der Waals surface area contributed by atoms with Gasteiger partial charge in [-0.3, -0.25) is 14.3 Å². The highest BCUT2D eigenvalue weighted by Gasteiger charge is 2.39. The van der Waals surface area contributed by atoms with Gasteiger partial charge in [-0.25, -0.2) is 0 Å². The van der Waals surface area contributed by atoms with E-state index >= 15 is 0 Å². The fourth-order valence-corrected chi connectivity index (χ4v) is 4.65. The third-order valence-electron chi connectivity index (χ3n) is 6.23. The first-order valence-corrected chi connectivity index (χ1v) is 10.1. The van der Waals surface area contributed by atoms with Crippen molar-refractivity contribution in [2.24, 2.45) is 0 Å². The van der Waals surface area contributed by atoms with E-state index in [-0.39, 0.29) is 23.1 Å². The van der Waals surface area contributed by atoms with Crippen LogP contribution in [0.4, 0.5) is 0 Å². The highest BCUT2D eigenvalue weighted by atomic mass is 16.2. The minimum Gasteiger partial charge on any atom is -0.348 e. The highest BCUT2D eigenvalue weighted by molar-refractivity contribution is 5.95. The van der Waals surface area contributed by atoms with Crippen LogP contribution in [0, 0.1) is 0 Å². The lowest BCUT2D eigenvalue weighted by Crippen LogP contribution is -2.49. The topological polar surface area (TPSA) is 67.2 Å². The van der Waals surface area contributed by atoms with Crippen LogP contribution in [-0.2, 0) is 6.54 Å². The van der Waals surface area contributed by atoms with E-state index in [1.54, 1.807) is 6.07 Å². The number of nitrogens with zero attached hydrogens (tertiary/aromatic N) is 3. The van der Waals surface area contributed by atoms with Crippen molar-refractivity contribution in [3.05, 3.63) is 40.2 Å². The van der Waals surface area contributed by atoms with E-state index in [1.807, 2.05) is 22.9 Å². The zero-order valence-corrected chi connectivity index (χ0v) is 16.1. The van der Waals surface area contributed by atoms with Gasteiger partial charge in [0, 0.05) is 30.1 Å². The number of aryl methyl sites for hydroxylation is 1. The Bertz CT molecular complexity index is 893. The molecule has 0 spiro atoms. The first-order valence-electron chi connectivity index (χ1n) is 10.1. The number of amides is 1. The molecule has 3 heterocycles. The molecule has 6 heteroatoms. The summed E-state index contributed by atoms with van der Waals surface area (Å²) in [6.45, 7) is 2.82. The average molecular weight is 368 g/mol. The monoisotopic (exact) mass is 368 g/mol. The van der Waals surface area contributed by atoms with Crippen LogP contribution in [-0.4, -0.2) is 45.8 Å². The number of hydrogen-bond acceptors (Lipinski definition) is 4. The molecule has 0 saturated carbocycles. The number of aromatic nitrogens is 2. The molecule has 2 bridgehead atoms. The number of rotatable bonds is 5. The molecule has 1 aromatic heterocycles. The summed E-state index contributed by atoms with van der Waals surface area (Å²) in [5.74, 6) is -0.329. The zero-order chi connectivity index (χ0) is 19.0. The predicted molar refractivity (Wildman–Crippen MR) is 106 cm³/mol. The van der Waals surface area contributed by atoms with E-state index in [0.29, 0.717) is 24.0 Å². The predicted octanol–water partition coefficient (Wildman–Crippen LogP) is 2.55. The van der Waals surface area contributed by atoms with Gasteiger partial charge in [0.2, 0.25) is 5.43 Å². The third kappa shape index (κ3) is 3.38. The van der Waals surface area contributed by atoms with E-state index in [4.69, 9.17) is 0 Å². The van der Waals surface area contributed by atoms with Gasteiger partial charge in [-0.2, -0.15) is 5.10 Å². The second kappa shape index (κ2) is 7.43. The molecular weight excluding hydrogens is 340 g/mol. The van der Waals surface area contributed by atoms with E-state index in [9.17, 15) is 9.59 Å². The molecule has 2 atom stereocenters. The maximum absolute atomic E-state index is 12.9. The van der Waals surface area contributed by atoms with Gasteiger partial charge in [-0.1, -0.05) is 25.5 Å². The number of benzene rings is 1. The summed E-state index contributed by atoms with van der Waals surface area (Å²) in [7, 11) is 2.18. The van der Waals surface area contributed by atoms with Gasteiger partial charge >= 0.3 is 0 Å². The maximum Gasteiger partial charge on any atom is 0.276 e.